The molecule has 5 heteroatoms. The first-order valence-electron chi connectivity index (χ1n) is 7.16. The third kappa shape index (κ3) is 2.60. The van der Waals surface area contributed by atoms with Crippen molar-refractivity contribution in [2.45, 2.75) is 39.2 Å². The van der Waals surface area contributed by atoms with Crippen LogP contribution in [0.5, 0.6) is 0 Å². The second kappa shape index (κ2) is 5.39. The molecule has 1 heterocycles. The molecule has 2 rings (SSSR count). The maximum atomic E-state index is 12.9. The van der Waals surface area contributed by atoms with Crippen molar-refractivity contribution in [3.05, 3.63) is 30.3 Å². The van der Waals surface area contributed by atoms with Crippen molar-refractivity contribution < 1.29 is 14.7 Å². The van der Waals surface area contributed by atoms with Gasteiger partial charge in [-0.3, -0.25) is 9.69 Å². The summed E-state index contributed by atoms with van der Waals surface area (Å²) in [6.07, 6.45) is 0.207. The van der Waals surface area contributed by atoms with E-state index in [-0.39, 0.29) is 5.91 Å². The number of carboxylic acid groups (broad SMARTS) is 1. The van der Waals surface area contributed by atoms with Gasteiger partial charge in [-0.2, -0.15) is 0 Å². The van der Waals surface area contributed by atoms with E-state index in [1.54, 1.807) is 12.1 Å². The lowest BCUT2D eigenvalue weighted by Crippen LogP contribution is -2.62. The van der Waals surface area contributed by atoms with Crippen LogP contribution in [0.3, 0.4) is 0 Å². The predicted octanol–water partition coefficient (Wildman–Crippen LogP) is 3.18. The number of nitrogens with one attached hydrogen (secondary N) is 1. The van der Waals surface area contributed by atoms with Crippen LogP contribution in [-0.2, 0) is 4.79 Å². The van der Waals surface area contributed by atoms with Crippen LogP contribution in [0.4, 0.5) is 10.5 Å². The van der Waals surface area contributed by atoms with Crippen LogP contribution in [-0.4, -0.2) is 34.1 Å². The molecule has 1 aromatic rings. The highest BCUT2D eigenvalue weighted by Crippen LogP contribution is 2.44. The highest BCUT2D eigenvalue weighted by Gasteiger charge is 2.57. The fraction of sp³-hybridized carbons (Fsp3) is 0.500. The number of benzene rings is 1. The van der Waals surface area contributed by atoms with Crippen LogP contribution >= 0.6 is 0 Å². The Morgan fingerprint density at radius 2 is 1.86 bits per heavy atom. The van der Waals surface area contributed by atoms with Crippen molar-refractivity contribution in [2.75, 3.05) is 11.9 Å². The molecule has 0 radical (unpaired) electrons. The van der Waals surface area contributed by atoms with E-state index in [0.29, 0.717) is 25.1 Å². The number of likely N-dealkylation sites (tertiary alicyclic amines) is 1. The summed E-state index contributed by atoms with van der Waals surface area (Å²) >= 11 is 0. The van der Waals surface area contributed by atoms with Crippen LogP contribution < -0.4 is 5.32 Å². The van der Waals surface area contributed by atoms with Crippen LogP contribution in [0.25, 0.3) is 0 Å². The third-order valence-electron chi connectivity index (χ3n) is 4.26. The molecule has 2 amide bonds. The van der Waals surface area contributed by atoms with Crippen molar-refractivity contribution in [1.29, 1.82) is 0 Å². The number of carbonyl (C=O) groups excluding carboxylic acids is 1. The molecular formula is C16H22N2O3. The number of carbonyl (C=O) groups is 2. The highest BCUT2D eigenvalue weighted by molar-refractivity contribution is 6.00. The minimum atomic E-state index is -1.04. The smallest absolute Gasteiger partial charge is 0.408 e. The molecule has 0 aromatic heterocycles. The summed E-state index contributed by atoms with van der Waals surface area (Å²) in [6, 6.07) is 9.14. The Balaban J connectivity index is 2.37. The van der Waals surface area contributed by atoms with E-state index in [4.69, 9.17) is 0 Å². The summed E-state index contributed by atoms with van der Waals surface area (Å²) in [4.78, 5) is 25.7. The van der Waals surface area contributed by atoms with Crippen molar-refractivity contribution in [3.63, 3.8) is 0 Å². The number of para-hydroxylation sites is 1. The lowest BCUT2D eigenvalue weighted by Gasteiger charge is -2.45. The van der Waals surface area contributed by atoms with E-state index < -0.39 is 17.0 Å². The Morgan fingerprint density at radius 3 is 2.38 bits per heavy atom. The van der Waals surface area contributed by atoms with E-state index in [2.05, 4.69) is 5.32 Å². The monoisotopic (exact) mass is 290 g/mol. The summed E-state index contributed by atoms with van der Waals surface area (Å²) in [5.41, 5.74) is -0.835. The number of nitrogens with zero attached hydrogens (tertiary/aromatic N) is 1. The van der Waals surface area contributed by atoms with Crippen LogP contribution in [0.15, 0.2) is 30.3 Å². The molecule has 1 aliphatic rings. The number of rotatable bonds is 2. The quantitative estimate of drug-likeness (QED) is 0.879. The van der Waals surface area contributed by atoms with Crippen molar-refractivity contribution in [1.82, 2.24) is 4.90 Å². The molecule has 0 bridgehead atoms. The molecule has 0 saturated carbocycles. The van der Waals surface area contributed by atoms with Gasteiger partial charge in [0.25, 0.3) is 5.91 Å². The van der Waals surface area contributed by atoms with Gasteiger partial charge in [0.1, 0.15) is 5.54 Å². The first-order valence-corrected chi connectivity index (χ1v) is 7.16. The Kier molecular flexibility index (Phi) is 3.94. The van der Waals surface area contributed by atoms with E-state index in [0.717, 1.165) is 0 Å². The van der Waals surface area contributed by atoms with Gasteiger partial charge in [0.2, 0.25) is 0 Å². The van der Waals surface area contributed by atoms with Gasteiger partial charge in [-0.05, 0) is 30.4 Å². The van der Waals surface area contributed by atoms with Crippen LogP contribution in [0.1, 0.15) is 33.6 Å². The van der Waals surface area contributed by atoms with Crippen molar-refractivity contribution >= 4 is 17.7 Å². The van der Waals surface area contributed by atoms with Gasteiger partial charge in [0.05, 0.1) is 0 Å². The molecule has 1 unspecified atom stereocenters. The topological polar surface area (TPSA) is 69.6 Å². The summed E-state index contributed by atoms with van der Waals surface area (Å²) < 4.78 is 0. The second-order valence-electron chi connectivity index (χ2n) is 6.47. The molecule has 21 heavy (non-hydrogen) atoms. The summed E-state index contributed by atoms with van der Waals surface area (Å²) in [5, 5.41) is 12.3. The molecule has 2 N–H and O–H groups in total. The predicted molar refractivity (Wildman–Crippen MR) is 81.2 cm³/mol. The third-order valence-corrected chi connectivity index (χ3v) is 4.26. The van der Waals surface area contributed by atoms with Crippen molar-refractivity contribution in [3.8, 4) is 0 Å². The fourth-order valence-corrected chi connectivity index (χ4v) is 3.19. The van der Waals surface area contributed by atoms with Gasteiger partial charge in [0, 0.05) is 12.2 Å². The Morgan fingerprint density at radius 1 is 1.24 bits per heavy atom. The normalized spacial score (nSPS) is 22.1. The van der Waals surface area contributed by atoms with E-state index in [9.17, 15) is 14.7 Å². The second-order valence-corrected chi connectivity index (χ2v) is 6.47. The number of amides is 2. The summed E-state index contributed by atoms with van der Waals surface area (Å²) in [7, 11) is 0. The van der Waals surface area contributed by atoms with E-state index in [1.165, 1.54) is 4.90 Å². The molecular weight excluding hydrogens is 268 g/mol. The zero-order valence-corrected chi connectivity index (χ0v) is 12.7. The first kappa shape index (κ1) is 15.4. The molecule has 1 aromatic carbocycles. The molecule has 5 nitrogen and oxygen atoms in total. The van der Waals surface area contributed by atoms with Gasteiger partial charge < -0.3 is 10.4 Å². The van der Waals surface area contributed by atoms with Crippen LogP contribution in [0, 0.1) is 5.41 Å². The standard InChI is InChI=1S/C16H22N2O3/c1-15(2,3)16(10-7-11-18(16)14(20)21)13(19)17-12-8-5-4-6-9-12/h4-6,8-9H,7,10-11H2,1-3H3,(H,17,19)(H,20,21). The lowest BCUT2D eigenvalue weighted by molar-refractivity contribution is -0.131. The maximum Gasteiger partial charge on any atom is 0.408 e. The average Bonchev–Trinajstić information content (AvgIpc) is 2.85. The van der Waals surface area contributed by atoms with Gasteiger partial charge >= 0.3 is 6.09 Å². The maximum absolute atomic E-state index is 12.9. The van der Waals surface area contributed by atoms with E-state index >= 15 is 0 Å². The van der Waals surface area contributed by atoms with Gasteiger partial charge in [-0.25, -0.2) is 4.79 Å². The fourth-order valence-electron chi connectivity index (χ4n) is 3.19. The zero-order chi connectivity index (χ0) is 15.7. The molecule has 1 saturated heterocycles. The van der Waals surface area contributed by atoms with Crippen LogP contribution in [0.2, 0.25) is 0 Å². The van der Waals surface area contributed by atoms with Gasteiger partial charge in [-0.15, -0.1) is 0 Å². The first-order chi connectivity index (χ1) is 9.79. The SMILES string of the molecule is CC(C)(C)C1(C(=O)Nc2ccccc2)CCCN1C(=O)O. The Labute approximate surface area is 125 Å². The van der Waals surface area contributed by atoms with Crippen molar-refractivity contribution in [2.24, 2.45) is 5.41 Å². The van der Waals surface area contributed by atoms with Gasteiger partial charge in [0.15, 0.2) is 0 Å². The number of hydrogen-bond donors (Lipinski definition) is 2. The molecule has 114 valence electrons. The largest absolute Gasteiger partial charge is 0.465 e. The van der Waals surface area contributed by atoms with Gasteiger partial charge in [-0.1, -0.05) is 39.0 Å². The molecule has 0 aliphatic carbocycles. The minimum Gasteiger partial charge on any atom is -0.465 e. The Bertz CT molecular complexity index is 536. The lowest BCUT2D eigenvalue weighted by atomic mass is 9.71. The number of hydrogen-bond acceptors (Lipinski definition) is 2. The Hall–Kier alpha value is -2.04. The number of anilines is 1. The van der Waals surface area contributed by atoms with E-state index in [1.807, 2.05) is 39.0 Å². The average molecular weight is 290 g/mol. The summed E-state index contributed by atoms with van der Waals surface area (Å²) in [5.74, 6) is -0.249. The zero-order valence-electron chi connectivity index (χ0n) is 12.7. The molecule has 1 atom stereocenters. The molecule has 1 aliphatic heterocycles. The molecule has 1 fully saturated rings. The summed E-state index contributed by atoms with van der Waals surface area (Å²) in [6.45, 7) is 6.14. The molecule has 0 spiro atoms. The highest BCUT2D eigenvalue weighted by atomic mass is 16.4. The minimum absolute atomic E-state index is 0.249.